The SMILES string of the molecule is C(=CC1OCOCO1)c1ccccc1. The molecule has 0 unspecified atom stereocenters. The molecule has 2 rings (SSSR count). The molecule has 14 heavy (non-hydrogen) atoms. The topological polar surface area (TPSA) is 27.7 Å². The molecule has 1 aromatic rings. The highest BCUT2D eigenvalue weighted by molar-refractivity contribution is 5.48. The molecular weight excluding hydrogens is 180 g/mol. The summed E-state index contributed by atoms with van der Waals surface area (Å²) in [5.41, 5.74) is 1.13. The van der Waals surface area contributed by atoms with Crippen LogP contribution in [0.2, 0.25) is 0 Å². The van der Waals surface area contributed by atoms with Crippen molar-refractivity contribution in [2.24, 2.45) is 0 Å². The van der Waals surface area contributed by atoms with Gasteiger partial charge in [0.1, 0.15) is 0 Å². The zero-order chi connectivity index (χ0) is 9.64. The lowest BCUT2D eigenvalue weighted by Crippen LogP contribution is -2.24. The van der Waals surface area contributed by atoms with Crippen LogP contribution in [0.5, 0.6) is 0 Å². The van der Waals surface area contributed by atoms with Gasteiger partial charge in [-0.2, -0.15) is 0 Å². The molecule has 74 valence electrons. The van der Waals surface area contributed by atoms with Gasteiger partial charge in [0.2, 0.25) is 0 Å². The van der Waals surface area contributed by atoms with Crippen LogP contribution in [0.4, 0.5) is 0 Å². The Labute approximate surface area is 82.9 Å². The van der Waals surface area contributed by atoms with Crippen LogP contribution in [-0.4, -0.2) is 19.9 Å². The Kier molecular flexibility index (Phi) is 3.29. The quantitative estimate of drug-likeness (QED) is 0.717. The van der Waals surface area contributed by atoms with Crippen LogP contribution in [-0.2, 0) is 14.2 Å². The zero-order valence-corrected chi connectivity index (χ0v) is 7.76. The van der Waals surface area contributed by atoms with Crippen molar-refractivity contribution in [3.05, 3.63) is 42.0 Å². The van der Waals surface area contributed by atoms with Gasteiger partial charge in [-0.3, -0.25) is 0 Å². The Hall–Kier alpha value is -1.16. The van der Waals surface area contributed by atoms with E-state index in [0.29, 0.717) is 13.6 Å². The van der Waals surface area contributed by atoms with Gasteiger partial charge < -0.3 is 14.2 Å². The van der Waals surface area contributed by atoms with Crippen LogP contribution in [0.1, 0.15) is 5.56 Å². The van der Waals surface area contributed by atoms with Crippen LogP contribution < -0.4 is 0 Å². The molecule has 0 atom stereocenters. The van der Waals surface area contributed by atoms with Crippen molar-refractivity contribution in [2.45, 2.75) is 6.29 Å². The molecule has 0 spiro atoms. The monoisotopic (exact) mass is 192 g/mol. The first-order chi connectivity index (χ1) is 6.95. The summed E-state index contributed by atoms with van der Waals surface area (Å²) >= 11 is 0. The molecule has 0 aliphatic carbocycles. The molecule has 0 radical (unpaired) electrons. The Morgan fingerprint density at radius 3 is 2.50 bits per heavy atom. The third-order valence-corrected chi connectivity index (χ3v) is 1.88. The average Bonchev–Trinajstić information content (AvgIpc) is 2.29. The second kappa shape index (κ2) is 4.91. The number of rotatable bonds is 2. The first-order valence-corrected chi connectivity index (χ1v) is 4.49. The molecule has 1 aliphatic rings. The first-order valence-electron chi connectivity index (χ1n) is 4.49. The minimum absolute atomic E-state index is 0.288. The number of benzene rings is 1. The van der Waals surface area contributed by atoms with Gasteiger partial charge in [-0.15, -0.1) is 0 Å². The van der Waals surface area contributed by atoms with Gasteiger partial charge >= 0.3 is 0 Å². The number of hydrogen-bond acceptors (Lipinski definition) is 3. The molecule has 1 saturated heterocycles. The first kappa shape index (κ1) is 9.40. The molecule has 0 amide bonds. The summed E-state index contributed by atoms with van der Waals surface area (Å²) in [6.07, 6.45) is 3.55. The van der Waals surface area contributed by atoms with Crippen LogP contribution >= 0.6 is 0 Å². The van der Waals surface area contributed by atoms with Gasteiger partial charge in [0, 0.05) is 0 Å². The smallest absolute Gasteiger partial charge is 0.182 e. The molecule has 1 fully saturated rings. The fraction of sp³-hybridized carbons (Fsp3) is 0.273. The molecule has 3 heteroatoms. The van der Waals surface area contributed by atoms with E-state index >= 15 is 0 Å². The highest BCUT2D eigenvalue weighted by Crippen LogP contribution is 2.07. The molecule has 1 heterocycles. The van der Waals surface area contributed by atoms with E-state index in [1.54, 1.807) is 0 Å². The van der Waals surface area contributed by atoms with Gasteiger partial charge in [-0.1, -0.05) is 36.4 Å². The zero-order valence-electron chi connectivity index (χ0n) is 7.76. The van der Waals surface area contributed by atoms with Crippen LogP contribution in [0.15, 0.2) is 36.4 Å². The van der Waals surface area contributed by atoms with E-state index in [9.17, 15) is 0 Å². The Morgan fingerprint density at radius 1 is 1.07 bits per heavy atom. The summed E-state index contributed by atoms with van der Waals surface area (Å²) in [5.74, 6) is 0. The second-order valence-electron chi connectivity index (χ2n) is 2.91. The predicted octanol–water partition coefficient (Wildman–Crippen LogP) is 2.00. The normalized spacial score (nSPS) is 18.9. The summed E-state index contributed by atoms with van der Waals surface area (Å²) in [6.45, 7) is 0.591. The molecule has 0 aromatic heterocycles. The lowest BCUT2D eigenvalue weighted by Gasteiger charge is -2.20. The molecule has 0 saturated carbocycles. The predicted molar refractivity (Wildman–Crippen MR) is 52.3 cm³/mol. The fourth-order valence-corrected chi connectivity index (χ4v) is 1.18. The number of ether oxygens (including phenoxy) is 3. The summed E-state index contributed by atoms with van der Waals surface area (Å²) in [7, 11) is 0. The summed E-state index contributed by atoms with van der Waals surface area (Å²) in [4.78, 5) is 0. The van der Waals surface area contributed by atoms with Gasteiger partial charge in [0.05, 0.1) is 0 Å². The minimum atomic E-state index is -0.288. The maximum atomic E-state index is 5.17. The Balaban J connectivity index is 1.93. The molecule has 0 N–H and O–H groups in total. The van der Waals surface area contributed by atoms with Gasteiger partial charge in [0.15, 0.2) is 19.9 Å². The lowest BCUT2D eigenvalue weighted by atomic mass is 10.2. The molecule has 3 nitrogen and oxygen atoms in total. The third kappa shape index (κ3) is 2.67. The van der Waals surface area contributed by atoms with E-state index in [1.807, 2.05) is 42.5 Å². The van der Waals surface area contributed by atoms with Crippen LogP contribution in [0, 0.1) is 0 Å². The highest BCUT2D eigenvalue weighted by Gasteiger charge is 2.09. The minimum Gasteiger partial charge on any atom is -0.329 e. The molecular formula is C11H12O3. The van der Waals surface area contributed by atoms with E-state index < -0.39 is 0 Å². The van der Waals surface area contributed by atoms with Crippen LogP contribution in [0.3, 0.4) is 0 Å². The van der Waals surface area contributed by atoms with Crippen molar-refractivity contribution in [2.75, 3.05) is 13.6 Å². The lowest BCUT2D eigenvalue weighted by molar-refractivity contribution is -0.280. The van der Waals surface area contributed by atoms with Crippen molar-refractivity contribution in [1.82, 2.24) is 0 Å². The summed E-state index contributed by atoms with van der Waals surface area (Å²) < 4.78 is 15.2. The van der Waals surface area contributed by atoms with Gasteiger partial charge in [0.25, 0.3) is 0 Å². The maximum absolute atomic E-state index is 5.17. The van der Waals surface area contributed by atoms with Gasteiger partial charge in [-0.25, -0.2) is 0 Å². The van der Waals surface area contributed by atoms with E-state index in [4.69, 9.17) is 14.2 Å². The number of hydrogen-bond donors (Lipinski definition) is 0. The van der Waals surface area contributed by atoms with Crippen molar-refractivity contribution < 1.29 is 14.2 Å². The third-order valence-electron chi connectivity index (χ3n) is 1.88. The highest BCUT2D eigenvalue weighted by atomic mass is 16.8. The largest absolute Gasteiger partial charge is 0.329 e. The Morgan fingerprint density at radius 2 is 1.79 bits per heavy atom. The van der Waals surface area contributed by atoms with E-state index in [1.165, 1.54) is 0 Å². The summed E-state index contributed by atoms with van der Waals surface area (Å²) in [5, 5.41) is 0. The maximum Gasteiger partial charge on any atom is 0.182 e. The van der Waals surface area contributed by atoms with E-state index in [0.717, 1.165) is 5.56 Å². The van der Waals surface area contributed by atoms with E-state index in [2.05, 4.69) is 0 Å². The van der Waals surface area contributed by atoms with E-state index in [-0.39, 0.29) is 6.29 Å². The van der Waals surface area contributed by atoms with Crippen molar-refractivity contribution in [1.29, 1.82) is 0 Å². The molecule has 1 aromatic carbocycles. The summed E-state index contributed by atoms with van der Waals surface area (Å²) in [6, 6.07) is 10.0. The standard InChI is InChI=1S/C11H12O3/c1-2-4-10(5-3-1)6-7-11-13-8-12-9-14-11/h1-7,11H,8-9H2. The van der Waals surface area contributed by atoms with Gasteiger partial charge in [-0.05, 0) is 11.6 Å². The van der Waals surface area contributed by atoms with Crippen molar-refractivity contribution >= 4 is 6.08 Å². The fourth-order valence-electron chi connectivity index (χ4n) is 1.18. The Bertz CT molecular complexity index is 289. The second-order valence-corrected chi connectivity index (χ2v) is 2.91. The molecule has 1 aliphatic heterocycles. The average molecular weight is 192 g/mol. The van der Waals surface area contributed by atoms with Crippen molar-refractivity contribution in [3.63, 3.8) is 0 Å². The molecule has 0 bridgehead atoms. The van der Waals surface area contributed by atoms with Crippen LogP contribution in [0.25, 0.3) is 6.08 Å². The van der Waals surface area contributed by atoms with Crippen molar-refractivity contribution in [3.8, 4) is 0 Å².